The van der Waals surface area contributed by atoms with Crippen LogP contribution in [0.5, 0.6) is 5.75 Å². The van der Waals surface area contributed by atoms with Gasteiger partial charge in [0.25, 0.3) is 5.91 Å². The summed E-state index contributed by atoms with van der Waals surface area (Å²) in [6.45, 7) is 2.71. The summed E-state index contributed by atoms with van der Waals surface area (Å²) in [5.74, 6) is 0.172. The van der Waals surface area contributed by atoms with Crippen LogP contribution >= 0.6 is 11.6 Å². The molecule has 1 aliphatic rings. The molecule has 98 valence electrons. The standard InChI is InChI=1S/C13H17ClN2O2/c1-16-5-4-9(8-16)7-15-13(18)11-6-10(14)2-3-12(11)17/h2-3,6,9,17H,4-5,7-8H2,1H3,(H,15,18). The van der Waals surface area contributed by atoms with E-state index >= 15 is 0 Å². The van der Waals surface area contributed by atoms with Gasteiger partial charge in [-0.3, -0.25) is 4.79 Å². The van der Waals surface area contributed by atoms with Crippen LogP contribution in [0.4, 0.5) is 0 Å². The number of amides is 1. The minimum atomic E-state index is -0.274. The van der Waals surface area contributed by atoms with Crippen molar-refractivity contribution in [3.8, 4) is 5.75 Å². The topological polar surface area (TPSA) is 52.6 Å². The summed E-state index contributed by atoms with van der Waals surface area (Å²) in [6.07, 6.45) is 1.10. The van der Waals surface area contributed by atoms with Gasteiger partial charge in [0.2, 0.25) is 0 Å². The lowest BCUT2D eigenvalue weighted by atomic mass is 10.1. The SMILES string of the molecule is CN1CCC(CNC(=O)c2cc(Cl)ccc2O)C1. The van der Waals surface area contributed by atoms with E-state index in [1.54, 1.807) is 6.07 Å². The van der Waals surface area contributed by atoms with E-state index in [0.29, 0.717) is 17.5 Å². The first-order chi connectivity index (χ1) is 8.56. The summed E-state index contributed by atoms with van der Waals surface area (Å²) in [7, 11) is 2.07. The molecule has 0 radical (unpaired) electrons. The van der Waals surface area contributed by atoms with Crippen LogP contribution in [-0.2, 0) is 0 Å². The van der Waals surface area contributed by atoms with Crippen molar-refractivity contribution < 1.29 is 9.90 Å². The van der Waals surface area contributed by atoms with Crippen LogP contribution in [0.1, 0.15) is 16.8 Å². The van der Waals surface area contributed by atoms with Gasteiger partial charge in [-0.25, -0.2) is 0 Å². The number of nitrogens with zero attached hydrogens (tertiary/aromatic N) is 1. The summed E-state index contributed by atoms with van der Waals surface area (Å²) in [4.78, 5) is 14.2. The Kier molecular flexibility index (Phi) is 4.09. The Bertz CT molecular complexity index is 451. The van der Waals surface area contributed by atoms with E-state index in [1.165, 1.54) is 12.1 Å². The highest BCUT2D eigenvalue weighted by Gasteiger charge is 2.20. The molecule has 5 heteroatoms. The van der Waals surface area contributed by atoms with E-state index in [2.05, 4.69) is 17.3 Å². The number of phenolic OH excluding ortho intramolecular Hbond substituents is 1. The molecule has 1 unspecified atom stereocenters. The van der Waals surface area contributed by atoms with E-state index < -0.39 is 0 Å². The Balaban J connectivity index is 1.93. The van der Waals surface area contributed by atoms with Gasteiger partial charge in [0.15, 0.2) is 0 Å². The number of carbonyl (C=O) groups excluding carboxylic acids is 1. The molecule has 1 saturated heterocycles. The molecule has 18 heavy (non-hydrogen) atoms. The molecule has 1 atom stereocenters. The fourth-order valence-corrected chi connectivity index (χ4v) is 2.39. The number of likely N-dealkylation sites (tertiary alicyclic amines) is 1. The van der Waals surface area contributed by atoms with Crippen molar-refractivity contribution in [3.63, 3.8) is 0 Å². The van der Waals surface area contributed by atoms with Gasteiger partial charge in [-0.2, -0.15) is 0 Å². The number of hydrogen-bond donors (Lipinski definition) is 2. The highest BCUT2D eigenvalue weighted by Crippen LogP contribution is 2.21. The van der Waals surface area contributed by atoms with Gasteiger partial charge in [0.1, 0.15) is 5.75 Å². The quantitative estimate of drug-likeness (QED) is 0.878. The second-order valence-electron chi connectivity index (χ2n) is 4.79. The molecule has 0 saturated carbocycles. The molecule has 1 heterocycles. The normalized spacial score (nSPS) is 20.0. The molecule has 1 fully saturated rings. The fourth-order valence-electron chi connectivity index (χ4n) is 2.22. The molecule has 1 amide bonds. The summed E-state index contributed by atoms with van der Waals surface area (Å²) < 4.78 is 0. The molecule has 1 aromatic carbocycles. The Labute approximate surface area is 112 Å². The van der Waals surface area contributed by atoms with Crippen LogP contribution in [0.25, 0.3) is 0 Å². The molecule has 0 spiro atoms. The molecule has 0 bridgehead atoms. The number of nitrogens with one attached hydrogen (secondary N) is 1. The number of carbonyl (C=O) groups is 1. The lowest BCUT2D eigenvalue weighted by molar-refractivity contribution is 0.0945. The fraction of sp³-hybridized carbons (Fsp3) is 0.462. The van der Waals surface area contributed by atoms with E-state index in [-0.39, 0.29) is 17.2 Å². The van der Waals surface area contributed by atoms with Crippen molar-refractivity contribution >= 4 is 17.5 Å². The average molecular weight is 269 g/mol. The zero-order valence-electron chi connectivity index (χ0n) is 10.3. The van der Waals surface area contributed by atoms with Gasteiger partial charge in [0.05, 0.1) is 5.56 Å². The summed E-state index contributed by atoms with van der Waals surface area (Å²) >= 11 is 5.81. The van der Waals surface area contributed by atoms with Gasteiger partial charge in [0, 0.05) is 18.1 Å². The van der Waals surface area contributed by atoms with Gasteiger partial charge in [-0.1, -0.05) is 11.6 Å². The van der Waals surface area contributed by atoms with Gasteiger partial charge in [-0.15, -0.1) is 0 Å². The molecule has 2 rings (SSSR count). The molecule has 4 nitrogen and oxygen atoms in total. The van der Waals surface area contributed by atoms with Gasteiger partial charge < -0.3 is 15.3 Å². The first-order valence-electron chi connectivity index (χ1n) is 6.01. The second-order valence-corrected chi connectivity index (χ2v) is 5.22. The predicted octanol–water partition coefficient (Wildman–Crippen LogP) is 1.73. The number of aromatic hydroxyl groups is 1. The maximum atomic E-state index is 11.9. The molecule has 1 aliphatic heterocycles. The maximum absolute atomic E-state index is 11.9. The average Bonchev–Trinajstić information content (AvgIpc) is 2.75. The highest BCUT2D eigenvalue weighted by molar-refractivity contribution is 6.31. The number of rotatable bonds is 3. The van der Waals surface area contributed by atoms with Crippen LogP contribution in [0.3, 0.4) is 0 Å². The van der Waals surface area contributed by atoms with Crippen LogP contribution in [0.15, 0.2) is 18.2 Å². The highest BCUT2D eigenvalue weighted by atomic mass is 35.5. The maximum Gasteiger partial charge on any atom is 0.255 e. The van der Waals surface area contributed by atoms with Crippen molar-refractivity contribution in [2.45, 2.75) is 6.42 Å². The first-order valence-corrected chi connectivity index (χ1v) is 6.39. The van der Waals surface area contributed by atoms with Crippen LogP contribution in [-0.4, -0.2) is 42.6 Å². The van der Waals surface area contributed by atoms with Crippen LogP contribution in [0.2, 0.25) is 5.02 Å². The van der Waals surface area contributed by atoms with Gasteiger partial charge in [-0.05, 0) is 44.1 Å². The Morgan fingerprint density at radius 2 is 2.39 bits per heavy atom. The number of halogens is 1. The Morgan fingerprint density at radius 1 is 1.61 bits per heavy atom. The van der Waals surface area contributed by atoms with Crippen molar-refractivity contribution in [3.05, 3.63) is 28.8 Å². The van der Waals surface area contributed by atoms with Crippen LogP contribution in [0, 0.1) is 5.92 Å². The molecular weight excluding hydrogens is 252 g/mol. The molecule has 0 aromatic heterocycles. The lowest BCUT2D eigenvalue weighted by Crippen LogP contribution is -2.30. The third kappa shape index (κ3) is 3.15. The molecule has 2 N–H and O–H groups in total. The third-order valence-corrected chi connectivity index (χ3v) is 3.48. The molecule has 1 aromatic rings. The predicted molar refractivity (Wildman–Crippen MR) is 71.1 cm³/mol. The number of benzene rings is 1. The van der Waals surface area contributed by atoms with Gasteiger partial charge >= 0.3 is 0 Å². The first kappa shape index (κ1) is 13.2. The second kappa shape index (κ2) is 5.59. The van der Waals surface area contributed by atoms with Crippen molar-refractivity contribution in [2.24, 2.45) is 5.92 Å². The summed E-state index contributed by atoms with van der Waals surface area (Å²) in [6, 6.07) is 4.47. The van der Waals surface area contributed by atoms with E-state index in [1.807, 2.05) is 0 Å². The largest absolute Gasteiger partial charge is 0.507 e. The zero-order chi connectivity index (χ0) is 13.1. The minimum Gasteiger partial charge on any atom is -0.507 e. The Morgan fingerprint density at radius 3 is 3.06 bits per heavy atom. The van der Waals surface area contributed by atoms with Crippen molar-refractivity contribution in [2.75, 3.05) is 26.7 Å². The smallest absolute Gasteiger partial charge is 0.255 e. The lowest BCUT2D eigenvalue weighted by Gasteiger charge is -2.12. The minimum absolute atomic E-state index is 0.0413. The van der Waals surface area contributed by atoms with E-state index in [0.717, 1.165) is 19.5 Å². The van der Waals surface area contributed by atoms with Crippen LogP contribution < -0.4 is 5.32 Å². The molecular formula is C13H17ClN2O2. The van der Waals surface area contributed by atoms with Crippen molar-refractivity contribution in [1.29, 1.82) is 0 Å². The number of hydrogen-bond acceptors (Lipinski definition) is 3. The monoisotopic (exact) mass is 268 g/mol. The van der Waals surface area contributed by atoms with E-state index in [9.17, 15) is 9.90 Å². The molecule has 0 aliphatic carbocycles. The summed E-state index contributed by atoms with van der Waals surface area (Å²) in [5.41, 5.74) is 0.230. The Hall–Kier alpha value is -1.26. The summed E-state index contributed by atoms with van der Waals surface area (Å²) in [5, 5.41) is 12.9. The van der Waals surface area contributed by atoms with E-state index in [4.69, 9.17) is 11.6 Å². The number of phenols is 1. The van der Waals surface area contributed by atoms with Crippen molar-refractivity contribution in [1.82, 2.24) is 10.2 Å². The zero-order valence-corrected chi connectivity index (χ0v) is 11.1. The third-order valence-electron chi connectivity index (χ3n) is 3.24.